The summed E-state index contributed by atoms with van der Waals surface area (Å²) in [6.45, 7) is 4.96. The van der Waals surface area contributed by atoms with E-state index in [2.05, 4.69) is 19.2 Å². The molecule has 0 saturated carbocycles. The van der Waals surface area contributed by atoms with Crippen LogP contribution in [0.1, 0.15) is 335 Å². The van der Waals surface area contributed by atoms with Crippen molar-refractivity contribution < 1.29 is 24.5 Å². The van der Waals surface area contributed by atoms with Gasteiger partial charge in [-0.15, -0.1) is 0 Å². The zero-order chi connectivity index (χ0) is 46.5. The molecule has 1 amide bonds. The molecule has 6 heteroatoms. The molecule has 0 radical (unpaired) electrons. The Morgan fingerprint density at radius 2 is 0.641 bits per heavy atom. The second-order valence-electron chi connectivity index (χ2n) is 20.3. The number of aliphatic hydroxyl groups is 2. The molecule has 6 nitrogen and oxygen atoms in total. The molecule has 0 aliphatic rings. The van der Waals surface area contributed by atoms with E-state index in [-0.39, 0.29) is 18.5 Å². The third kappa shape index (κ3) is 50.3. The number of aliphatic hydroxyl groups excluding tert-OH is 2. The molecule has 0 fully saturated rings. The maximum atomic E-state index is 12.5. The van der Waals surface area contributed by atoms with Crippen molar-refractivity contribution >= 4 is 11.9 Å². The van der Waals surface area contributed by atoms with Crippen molar-refractivity contribution in [1.82, 2.24) is 5.32 Å². The molecule has 0 aliphatic carbocycles. The lowest BCUT2D eigenvalue weighted by Gasteiger charge is -2.22. The Morgan fingerprint density at radius 3 is 0.953 bits per heavy atom. The Bertz CT molecular complexity index is 913. The molecule has 0 aromatic rings. The molecular weight excluding hydrogens is 791 g/mol. The molecule has 2 unspecified atom stereocenters. The van der Waals surface area contributed by atoms with Crippen LogP contribution >= 0.6 is 0 Å². The predicted octanol–water partition coefficient (Wildman–Crippen LogP) is 17.9. The van der Waals surface area contributed by atoms with Gasteiger partial charge in [-0.3, -0.25) is 9.59 Å². The predicted molar refractivity (Wildman–Crippen MR) is 278 cm³/mol. The molecule has 0 aliphatic heterocycles. The zero-order valence-corrected chi connectivity index (χ0v) is 43.5. The number of nitrogens with one attached hydrogen (secondary N) is 1. The number of hydrogen-bond acceptors (Lipinski definition) is 5. The third-order valence-electron chi connectivity index (χ3n) is 13.9. The summed E-state index contributed by atoms with van der Waals surface area (Å²) in [5, 5.41) is 23.3. The second kappa shape index (κ2) is 54.5. The molecule has 64 heavy (non-hydrogen) atoms. The van der Waals surface area contributed by atoms with Gasteiger partial charge in [0.1, 0.15) is 0 Å². The first-order chi connectivity index (χ1) is 31.5. The highest BCUT2D eigenvalue weighted by Crippen LogP contribution is 2.18. The van der Waals surface area contributed by atoms with Crippen molar-refractivity contribution in [2.24, 2.45) is 0 Å². The van der Waals surface area contributed by atoms with Gasteiger partial charge in [0, 0.05) is 12.8 Å². The van der Waals surface area contributed by atoms with Crippen LogP contribution in [0, 0.1) is 0 Å². The van der Waals surface area contributed by atoms with Gasteiger partial charge in [-0.1, -0.05) is 296 Å². The number of unbranched alkanes of at least 4 members (excludes halogenated alkanes) is 44. The van der Waals surface area contributed by atoms with E-state index in [0.29, 0.717) is 25.9 Å². The molecule has 0 aromatic carbocycles. The average molecular weight is 907 g/mol. The zero-order valence-electron chi connectivity index (χ0n) is 43.5. The van der Waals surface area contributed by atoms with Crippen LogP contribution < -0.4 is 5.32 Å². The first kappa shape index (κ1) is 62.9. The Balaban J connectivity index is 3.43. The summed E-state index contributed by atoms with van der Waals surface area (Å²) in [7, 11) is 0. The van der Waals surface area contributed by atoms with Crippen LogP contribution in [0.2, 0.25) is 0 Å². The molecule has 0 rings (SSSR count). The molecule has 0 heterocycles. The van der Waals surface area contributed by atoms with Gasteiger partial charge in [0.05, 0.1) is 25.4 Å². The first-order valence-electron chi connectivity index (χ1n) is 29.3. The van der Waals surface area contributed by atoms with Gasteiger partial charge in [0.25, 0.3) is 0 Å². The van der Waals surface area contributed by atoms with Crippen LogP contribution in [0.5, 0.6) is 0 Å². The van der Waals surface area contributed by atoms with Gasteiger partial charge in [-0.2, -0.15) is 0 Å². The topological polar surface area (TPSA) is 95.9 Å². The van der Waals surface area contributed by atoms with E-state index in [1.165, 1.54) is 250 Å². The van der Waals surface area contributed by atoms with Crippen molar-refractivity contribution in [2.75, 3.05) is 13.2 Å². The average Bonchev–Trinajstić information content (AvgIpc) is 3.29. The number of carbonyl (C=O) groups excluding carboxylic acids is 2. The number of ether oxygens (including phenoxy) is 1. The highest BCUT2D eigenvalue weighted by Gasteiger charge is 2.20. The van der Waals surface area contributed by atoms with Crippen molar-refractivity contribution in [3.05, 3.63) is 0 Å². The summed E-state index contributed by atoms with van der Waals surface area (Å²) in [5.41, 5.74) is 0. The van der Waals surface area contributed by atoms with E-state index in [1.807, 2.05) is 0 Å². The maximum Gasteiger partial charge on any atom is 0.305 e. The van der Waals surface area contributed by atoms with Gasteiger partial charge < -0.3 is 20.3 Å². The standard InChI is InChI=1S/C58H115NO5/c1-3-5-7-9-11-13-15-16-17-18-19-20-21-22-23-24-27-31-34-38-42-46-50-56(61)55(54-60)59-57(62)51-47-43-39-35-32-28-25-26-29-33-37-41-45-49-53-64-58(63)52-48-44-40-36-30-14-12-10-8-6-4-2/h55-56,60-61H,3-54H2,1-2H3,(H,59,62). The number of amides is 1. The summed E-state index contributed by atoms with van der Waals surface area (Å²) >= 11 is 0. The molecule has 2 atom stereocenters. The molecule has 0 spiro atoms. The Labute approximate surface area is 400 Å². The summed E-state index contributed by atoms with van der Waals surface area (Å²) < 4.78 is 5.46. The first-order valence-corrected chi connectivity index (χ1v) is 29.3. The molecule has 0 aromatic heterocycles. The van der Waals surface area contributed by atoms with Gasteiger partial charge >= 0.3 is 5.97 Å². The van der Waals surface area contributed by atoms with Crippen LogP contribution in [0.15, 0.2) is 0 Å². The fourth-order valence-electron chi connectivity index (χ4n) is 9.41. The number of hydrogen-bond donors (Lipinski definition) is 3. The summed E-state index contributed by atoms with van der Waals surface area (Å²) in [6.07, 6.45) is 62.3. The molecule has 382 valence electrons. The molecule has 0 bridgehead atoms. The van der Waals surface area contributed by atoms with Gasteiger partial charge in [-0.05, 0) is 25.7 Å². The summed E-state index contributed by atoms with van der Waals surface area (Å²) in [6, 6.07) is -0.549. The van der Waals surface area contributed by atoms with Crippen LogP contribution in [0.3, 0.4) is 0 Å². The number of carbonyl (C=O) groups is 2. The van der Waals surface area contributed by atoms with Gasteiger partial charge in [-0.25, -0.2) is 0 Å². The highest BCUT2D eigenvalue weighted by atomic mass is 16.5. The quantitative estimate of drug-likeness (QED) is 0.0417. The fraction of sp³-hybridized carbons (Fsp3) is 0.966. The van der Waals surface area contributed by atoms with Crippen LogP contribution in [-0.4, -0.2) is 47.4 Å². The Hall–Kier alpha value is -1.14. The van der Waals surface area contributed by atoms with E-state index in [4.69, 9.17) is 4.74 Å². The van der Waals surface area contributed by atoms with E-state index >= 15 is 0 Å². The van der Waals surface area contributed by atoms with Crippen LogP contribution in [0.25, 0.3) is 0 Å². The fourth-order valence-corrected chi connectivity index (χ4v) is 9.41. The van der Waals surface area contributed by atoms with Gasteiger partial charge in [0.2, 0.25) is 5.91 Å². The molecule has 3 N–H and O–H groups in total. The second-order valence-corrected chi connectivity index (χ2v) is 20.3. The maximum absolute atomic E-state index is 12.5. The number of esters is 1. The molecule has 0 saturated heterocycles. The van der Waals surface area contributed by atoms with E-state index in [9.17, 15) is 19.8 Å². The van der Waals surface area contributed by atoms with E-state index in [0.717, 1.165) is 51.4 Å². The van der Waals surface area contributed by atoms with Crippen molar-refractivity contribution in [3.63, 3.8) is 0 Å². The minimum Gasteiger partial charge on any atom is -0.466 e. The van der Waals surface area contributed by atoms with Crippen molar-refractivity contribution in [1.29, 1.82) is 0 Å². The number of rotatable bonds is 55. The Morgan fingerprint density at radius 1 is 0.375 bits per heavy atom. The minimum absolute atomic E-state index is 0.00116. The highest BCUT2D eigenvalue weighted by molar-refractivity contribution is 5.76. The van der Waals surface area contributed by atoms with Crippen molar-refractivity contribution in [2.45, 2.75) is 347 Å². The lowest BCUT2D eigenvalue weighted by Crippen LogP contribution is -2.45. The van der Waals surface area contributed by atoms with Crippen LogP contribution in [-0.2, 0) is 14.3 Å². The van der Waals surface area contributed by atoms with E-state index in [1.54, 1.807) is 0 Å². The SMILES string of the molecule is CCCCCCCCCCCCCCCCCCCCCCCCC(O)C(CO)NC(=O)CCCCCCCCCCCCCCCCOC(=O)CCCCCCCCCCCCC. The monoisotopic (exact) mass is 906 g/mol. The third-order valence-corrected chi connectivity index (χ3v) is 13.9. The van der Waals surface area contributed by atoms with E-state index < -0.39 is 12.1 Å². The largest absolute Gasteiger partial charge is 0.466 e. The normalized spacial score (nSPS) is 12.5. The molecular formula is C58H115NO5. The minimum atomic E-state index is -0.671. The Kier molecular flexibility index (Phi) is 53.5. The van der Waals surface area contributed by atoms with Crippen molar-refractivity contribution in [3.8, 4) is 0 Å². The smallest absolute Gasteiger partial charge is 0.305 e. The van der Waals surface area contributed by atoms with Crippen LogP contribution in [0.4, 0.5) is 0 Å². The lowest BCUT2D eigenvalue weighted by molar-refractivity contribution is -0.143. The lowest BCUT2D eigenvalue weighted by atomic mass is 10.0. The van der Waals surface area contributed by atoms with Gasteiger partial charge in [0.15, 0.2) is 0 Å². The summed E-state index contributed by atoms with van der Waals surface area (Å²) in [5.74, 6) is -0.0422. The summed E-state index contributed by atoms with van der Waals surface area (Å²) in [4.78, 5) is 24.5.